The van der Waals surface area contributed by atoms with E-state index in [4.69, 9.17) is 4.74 Å². The number of hydrogen-bond donors (Lipinski definition) is 1. The van der Waals surface area contributed by atoms with E-state index in [1.54, 1.807) is 17.0 Å². The molecule has 0 radical (unpaired) electrons. The van der Waals surface area contributed by atoms with Gasteiger partial charge in [-0.3, -0.25) is 9.52 Å². The quantitative estimate of drug-likeness (QED) is 0.592. The molecule has 1 amide bonds. The van der Waals surface area contributed by atoms with Crippen molar-refractivity contribution in [1.29, 1.82) is 0 Å². The van der Waals surface area contributed by atoms with Crippen LogP contribution in [0.15, 0.2) is 60.0 Å². The summed E-state index contributed by atoms with van der Waals surface area (Å²) in [4.78, 5) is 26.2. The molecule has 0 spiro atoms. The molecule has 0 fully saturated rings. The van der Waals surface area contributed by atoms with Crippen LogP contribution in [-0.4, -0.2) is 43.9 Å². The summed E-state index contributed by atoms with van der Waals surface area (Å²) in [6, 6.07) is 14.8. The second-order valence-corrected chi connectivity index (χ2v) is 9.07. The highest BCUT2D eigenvalue weighted by Crippen LogP contribution is 2.14. The van der Waals surface area contributed by atoms with Gasteiger partial charge in [0.2, 0.25) is 0 Å². The molecule has 0 heterocycles. The van der Waals surface area contributed by atoms with Gasteiger partial charge in [-0.05, 0) is 63.6 Å². The van der Waals surface area contributed by atoms with Crippen LogP contribution < -0.4 is 4.72 Å². The lowest BCUT2D eigenvalue weighted by atomic mass is 10.2. The van der Waals surface area contributed by atoms with Crippen molar-refractivity contribution in [3.05, 3.63) is 71.1 Å². The predicted molar refractivity (Wildman–Crippen MR) is 122 cm³/mol. The lowest BCUT2D eigenvalue weighted by Crippen LogP contribution is -2.44. The molecule has 0 aliphatic carbocycles. The van der Waals surface area contributed by atoms with Crippen molar-refractivity contribution >= 4 is 33.7 Å². The number of nitrogens with one attached hydrogen (secondary N) is 1. The van der Waals surface area contributed by atoms with E-state index in [-0.39, 0.29) is 30.2 Å². The zero-order chi connectivity index (χ0) is 23.0. The molecule has 0 aliphatic rings. The lowest BCUT2D eigenvalue weighted by Gasteiger charge is -2.30. The van der Waals surface area contributed by atoms with Crippen molar-refractivity contribution < 1.29 is 22.7 Å². The summed E-state index contributed by atoms with van der Waals surface area (Å²) < 4.78 is 32.0. The van der Waals surface area contributed by atoms with Gasteiger partial charge in [-0.25, -0.2) is 13.2 Å². The highest BCUT2D eigenvalue weighted by molar-refractivity contribution is 7.95. The average molecular weight is 445 g/mol. The molecular formula is C23H28N2O5S. The molecular weight excluding hydrogens is 416 g/mol. The molecule has 0 saturated carbocycles. The summed E-state index contributed by atoms with van der Waals surface area (Å²) in [5.41, 5.74) is 1.28. The van der Waals surface area contributed by atoms with E-state index in [0.717, 1.165) is 11.0 Å². The van der Waals surface area contributed by atoms with Gasteiger partial charge in [0.1, 0.15) is 0 Å². The van der Waals surface area contributed by atoms with Crippen molar-refractivity contribution in [2.75, 3.05) is 11.3 Å². The van der Waals surface area contributed by atoms with Gasteiger partial charge in [0.15, 0.2) is 6.61 Å². The third-order valence-corrected chi connectivity index (χ3v) is 5.36. The van der Waals surface area contributed by atoms with Crippen LogP contribution in [-0.2, 0) is 19.6 Å². The van der Waals surface area contributed by atoms with Crippen molar-refractivity contribution in [3.8, 4) is 0 Å². The topological polar surface area (TPSA) is 92.8 Å². The minimum Gasteiger partial charge on any atom is -0.452 e. The maximum atomic E-state index is 12.3. The Labute approximate surface area is 183 Å². The van der Waals surface area contributed by atoms with Gasteiger partial charge >= 0.3 is 5.97 Å². The van der Waals surface area contributed by atoms with Crippen molar-refractivity contribution in [1.82, 2.24) is 4.90 Å². The Morgan fingerprint density at radius 3 is 2.10 bits per heavy atom. The van der Waals surface area contributed by atoms with E-state index in [1.165, 1.54) is 30.3 Å². The smallest absolute Gasteiger partial charge is 0.338 e. The van der Waals surface area contributed by atoms with E-state index < -0.39 is 16.0 Å². The van der Waals surface area contributed by atoms with Gasteiger partial charge < -0.3 is 9.64 Å². The molecule has 2 rings (SSSR count). The number of nitrogens with zero attached hydrogens (tertiary/aromatic N) is 1. The minimum absolute atomic E-state index is 0.00514. The minimum atomic E-state index is -3.71. The monoisotopic (exact) mass is 444 g/mol. The van der Waals surface area contributed by atoms with Gasteiger partial charge in [0.05, 0.1) is 11.0 Å². The summed E-state index contributed by atoms with van der Waals surface area (Å²) in [5, 5.41) is 1.07. The van der Waals surface area contributed by atoms with Crippen LogP contribution in [0.2, 0.25) is 0 Å². The molecule has 0 aromatic heterocycles. The predicted octanol–water partition coefficient (Wildman–Crippen LogP) is 3.90. The van der Waals surface area contributed by atoms with Gasteiger partial charge in [-0.1, -0.05) is 30.3 Å². The third-order valence-electron chi connectivity index (χ3n) is 4.35. The van der Waals surface area contributed by atoms with Crippen molar-refractivity contribution in [2.45, 2.75) is 39.8 Å². The number of sulfonamides is 1. The number of anilines is 1. The Morgan fingerprint density at radius 2 is 1.55 bits per heavy atom. The third kappa shape index (κ3) is 7.57. The van der Waals surface area contributed by atoms with E-state index in [0.29, 0.717) is 5.69 Å². The molecule has 7 nitrogen and oxygen atoms in total. The fourth-order valence-electron chi connectivity index (χ4n) is 3.06. The Hall–Kier alpha value is -3.13. The first-order valence-electron chi connectivity index (χ1n) is 9.93. The largest absolute Gasteiger partial charge is 0.452 e. The number of benzene rings is 2. The molecule has 0 saturated heterocycles. The molecule has 31 heavy (non-hydrogen) atoms. The highest BCUT2D eigenvalue weighted by Gasteiger charge is 2.21. The van der Waals surface area contributed by atoms with Crippen LogP contribution in [0.25, 0.3) is 6.08 Å². The van der Waals surface area contributed by atoms with Crippen LogP contribution >= 0.6 is 0 Å². The van der Waals surface area contributed by atoms with Gasteiger partial charge in [0.25, 0.3) is 15.9 Å². The zero-order valence-corrected chi connectivity index (χ0v) is 18.9. The standard InChI is InChI=1S/C23H28N2O5S/c1-17(2)25(18(3)4)22(26)16-30-23(27)20-10-12-21(13-11-20)24-31(28,29)15-14-19-8-6-5-7-9-19/h5-15,17-18,24H,16H2,1-4H3/b15-14-. The number of ether oxygens (including phenoxy) is 1. The number of amides is 1. The SMILES string of the molecule is CC(C)N(C(=O)COC(=O)c1ccc(NS(=O)(=O)/C=C\c2ccccc2)cc1)C(C)C. The Balaban J connectivity index is 1.95. The molecule has 0 unspecified atom stereocenters. The first-order valence-corrected chi connectivity index (χ1v) is 11.5. The van der Waals surface area contributed by atoms with Crippen LogP contribution in [0.1, 0.15) is 43.6 Å². The van der Waals surface area contributed by atoms with Crippen LogP contribution in [0, 0.1) is 0 Å². The molecule has 2 aromatic carbocycles. The fraction of sp³-hybridized carbons (Fsp3) is 0.304. The highest BCUT2D eigenvalue weighted by atomic mass is 32.2. The fourth-order valence-corrected chi connectivity index (χ4v) is 3.93. The summed E-state index contributed by atoms with van der Waals surface area (Å²) in [6.07, 6.45) is 1.49. The van der Waals surface area contributed by atoms with Gasteiger partial charge in [-0.15, -0.1) is 0 Å². The maximum absolute atomic E-state index is 12.3. The number of carbonyl (C=O) groups is 2. The average Bonchev–Trinajstić information content (AvgIpc) is 2.71. The molecule has 166 valence electrons. The second kappa shape index (κ2) is 10.8. The van der Waals surface area contributed by atoms with Crippen LogP contribution in [0.5, 0.6) is 0 Å². The molecule has 2 aromatic rings. The summed E-state index contributed by atoms with van der Waals surface area (Å²) in [6.45, 7) is 7.24. The first kappa shape index (κ1) is 24.1. The van der Waals surface area contributed by atoms with Crippen LogP contribution in [0.3, 0.4) is 0 Å². The molecule has 0 bridgehead atoms. The summed E-state index contributed by atoms with van der Waals surface area (Å²) in [7, 11) is -3.71. The summed E-state index contributed by atoms with van der Waals surface area (Å²) >= 11 is 0. The van der Waals surface area contributed by atoms with E-state index in [2.05, 4.69) is 4.72 Å². The van der Waals surface area contributed by atoms with Gasteiger partial charge in [-0.2, -0.15) is 0 Å². The van der Waals surface area contributed by atoms with Crippen LogP contribution in [0.4, 0.5) is 5.69 Å². The summed E-state index contributed by atoms with van der Waals surface area (Å²) in [5.74, 6) is -0.924. The number of esters is 1. The molecule has 0 aliphatic heterocycles. The first-order chi connectivity index (χ1) is 14.6. The Morgan fingerprint density at radius 1 is 0.968 bits per heavy atom. The van der Waals surface area contributed by atoms with Gasteiger partial charge in [0, 0.05) is 17.8 Å². The van der Waals surface area contributed by atoms with E-state index in [9.17, 15) is 18.0 Å². The number of hydrogen-bond acceptors (Lipinski definition) is 5. The van der Waals surface area contributed by atoms with Crippen molar-refractivity contribution in [2.24, 2.45) is 0 Å². The molecule has 0 atom stereocenters. The zero-order valence-electron chi connectivity index (χ0n) is 18.1. The molecule has 8 heteroatoms. The maximum Gasteiger partial charge on any atom is 0.338 e. The normalized spacial score (nSPS) is 11.7. The lowest BCUT2D eigenvalue weighted by molar-refractivity contribution is -0.138. The Bertz CT molecular complexity index is 1010. The van der Waals surface area contributed by atoms with E-state index >= 15 is 0 Å². The molecule has 1 N–H and O–H groups in total. The second-order valence-electron chi connectivity index (χ2n) is 7.50. The number of rotatable bonds is 9. The number of carbonyl (C=O) groups excluding carboxylic acids is 2. The van der Waals surface area contributed by atoms with Crippen molar-refractivity contribution in [3.63, 3.8) is 0 Å². The van der Waals surface area contributed by atoms with E-state index in [1.807, 2.05) is 45.9 Å². The Kier molecular flexibility index (Phi) is 8.38.